The zero-order valence-corrected chi connectivity index (χ0v) is 12.6. The van der Waals surface area contributed by atoms with Crippen molar-refractivity contribution in [1.82, 2.24) is 4.90 Å². The van der Waals surface area contributed by atoms with Gasteiger partial charge in [0, 0.05) is 18.1 Å². The number of alkyl halides is 1. The van der Waals surface area contributed by atoms with Gasteiger partial charge in [0.15, 0.2) is 0 Å². The Bertz CT molecular complexity index is 368. The van der Waals surface area contributed by atoms with Crippen molar-refractivity contribution in [3.05, 3.63) is 34.3 Å². The zero-order valence-electron chi connectivity index (χ0n) is 9.41. The molecule has 88 valence electrons. The topological polar surface area (TPSA) is 20.3 Å². The molecule has 1 atom stereocenters. The van der Waals surface area contributed by atoms with E-state index in [9.17, 15) is 4.79 Å². The van der Waals surface area contributed by atoms with E-state index in [-0.39, 0.29) is 10.7 Å². The standard InChI is InChI=1S/C12H15Br2NO/c1-3-11(14)12(16)15(2)8-9-5-4-6-10(13)7-9/h4-7,11H,3,8H2,1-2H3. The summed E-state index contributed by atoms with van der Waals surface area (Å²) in [6.07, 6.45) is 0.807. The molecule has 1 unspecified atom stereocenters. The van der Waals surface area contributed by atoms with Crippen molar-refractivity contribution in [2.24, 2.45) is 0 Å². The summed E-state index contributed by atoms with van der Waals surface area (Å²) in [5.74, 6) is 0.127. The van der Waals surface area contributed by atoms with Crippen LogP contribution in [0.4, 0.5) is 0 Å². The smallest absolute Gasteiger partial charge is 0.236 e. The van der Waals surface area contributed by atoms with Crippen LogP contribution in [-0.4, -0.2) is 22.7 Å². The predicted molar refractivity (Wildman–Crippen MR) is 73.6 cm³/mol. The van der Waals surface area contributed by atoms with Crippen molar-refractivity contribution in [2.75, 3.05) is 7.05 Å². The number of halogens is 2. The number of hydrogen-bond donors (Lipinski definition) is 0. The van der Waals surface area contributed by atoms with Crippen molar-refractivity contribution in [3.63, 3.8) is 0 Å². The summed E-state index contributed by atoms with van der Waals surface area (Å²) in [5.41, 5.74) is 1.13. The summed E-state index contributed by atoms with van der Waals surface area (Å²) in [7, 11) is 1.83. The Kier molecular flexibility index (Phi) is 5.49. The van der Waals surface area contributed by atoms with Gasteiger partial charge in [-0.2, -0.15) is 0 Å². The second-order valence-electron chi connectivity index (χ2n) is 3.70. The average Bonchev–Trinajstić information content (AvgIpc) is 2.27. The van der Waals surface area contributed by atoms with Crippen LogP contribution in [0, 0.1) is 0 Å². The van der Waals surface area contributed by atoms with Gasteiger partial charge in [0.2, 0.25) is 5.91 Å². The van der Waals surface area contributed by atoms with Gasteiger partial charge in [0.25, 0.3) is 0 Å². The SMILES string of the molecule is CCC(Br)C(=O)N(C)Cc1cccc(Br)c1. The number of rotatable bonds is 4. The molecule has 0 aliphatic heterocycles. The third-order valence-electron chi connectivity index (χ3n) is 2.31. The molecule has 1 rings (SSSR count). The molecule has 0 aromatic heterocycles. The lowest BCUT2D eigenvalue weighted by atomic mass is 10.2. The molecular weight excluding hydrogens is 334 g/mol. The van der Waals surface area contributed by atoms with Crippen LogP contribution in [0.25, 0.3) is 0 Å². The van der Waals surface area contributed by atoms with Crippen LogP contribution >= 0.6 is 31.9 Å². The minimum absolute atomic E-state index is 0.0790. The van der Waals surface area contributed by atoms with Gasteiger partial charge in [-0.15, -0.1) is 0 Å². The molecule has 0 fully saturated rings. The molecule has 0 saturated carbocycles. The van der Waals surface area contributed by atoms with Gasteiger partial charge in [0.05, 0.1) is 4.83 Å². The van der Waals surface area contributed by atoms with E-state index in [4.69, 9.17) is 0 Å². The van der Waals surface area contributed by atoms with Gasteiger partial charge in [-0.05, 0) is 24.1 Å². The first kappa shape index (κ1) is 13.7. The van der Waals surface area contributed by atoms with E-state index in [1.165, 1.54) is 0 Å². The number of carbonyl (C=O) groups excluding carboxylic acids is 1. The van der Waals surface area contributed by atoms with Crippen LogP contribution in [0.3, 0.4) is 0 Å². The Morgan fingerprint density at radius 1 is 1.50 bits per heavy atom. The molecular formula is C12H15Br2NO. The Morgan fingerprint density at radius 2 is 2.19 bits per heavy atom. The van der Waals surface area contributed by atoms with E-state index in [1.54, 1.807) is 4.90 Å². The molecule has 1 aromatic rings. The predicted octanol–water partition coefficient (Wildman–Crippen LogP) is 3.58. The first-order valence-electron chi connectivity index (χ1n) is 5.18. The maximum absolute atomic E-state index is 11.8. The highest BCUT2D eigenvalue weighted by molar-refractivity contribution is 9.10. The molecule has 0 aliphatic rings. The second-order valence-corrected chi connectivity index (χ2v) is 5.72. The number of carbonyl (C=O) groups is 1. The zero-order chi connectivity index (χ0) is 12.1. The van der Waals surface area contributed by atoms with Crippen LogP contribution in [0.15, 0.2) is 28.7 Å². The number of nitrogens with zero attached hydrogens (tertiary/aromatic N) is 1. The van der Waals surface area contributed by atoms with Gasteiger partial charge >= 0.3 is 0 Å². The minimum atomic E-state index is -0.0790. The Morgan fingerprint density at radius 3 is 2.75 bits per heavy atom. The molecule has 2 nitrogen and oxygen atoms in total. The highest BCUT2D eigenvalue weighted by atomic mass is 79.9. The first-order valence-corrected chi connectivity index (χ1v) is 6.89. The highest BCUT2D eigenvalue weighted by Crippen LogP contribution is 2.15. The number of amides is 1. The van der Waals surface area contributed by atoms with Crippen LogP contribution in [0.2, 0.25) is 0 Å². The van der Waals surface area contributed by atoms with Crippen LogP contribution < -0.4 is 0 Å². The molecule has 0 spiro atoms. The molecule has 4 heteroatoms. The molecule has 0 bridgehead atoms. The fourth-order valence-electron chi connectivity index (χ4n) is 1.40. The lowest BCUT2D eigenvalue weighted by Gasteiger charge is -2.20. The third-order valence-corrected chi connectivity index (χ3v) is 3.84. The largest absolute Gasteiger partial charge is 0.340 e. The molecule has 0 saturated heterocycles. The van der Waals surface area contributed by atoms with Crippen molar-refractivity contribution in [2.45, 2.75) is 24.7 Å². The van der Waals surface area contributed by atoms with Gasteiger partial charge < -0.3 is 4.90 Å². The summed E-state index contributed by atoms with van der Waals surface area (Å²) < 4.78 is 1.04. The molecule has 0 radical (unpaired) electrons. The van der Waals surface area contributed by atoms with E-state index in [0.29, 0.717) is 6.54 Å². The van der Waals surface area contributed by atoms with Crippen LogP contribution in [0.1, 0.15) is 18.9 Å². The highest BCUT2D eigenvalue weighted by Gasteiger charge is 2.17. The van der Waals surface area contributed by atoms with Crippen LogP contribution in [0.5, 0.6) is 0 Å². The monoisotopic (exact) mass is 347 g/mol. The van der Waals surface area contributed by atoms with Gasteiger partial charge in [-0.3, -0.25) is 4.79 Å². The van der Waals surface area contributed by atoms with Gasteiger partial charge in [-0.25, -0.2) is 0 Å². The maximum atomic E-state index is 11.8. The van der Waals surface area contributed by atoms with E-state index in [0.717, 1.165) is 16.5 Å². The summed E-state index contributed by atoms with van der Waals surface area (Å²) in [6.45, 7) is 2.63. The van der Waals surface area contributed by atoms with Crippen LogP contribution in [-0.2, 0) is 11.3 Å². The summed E-state index contributed by atoms with van der Waals surface area (Å²) in [6, 6.07) is 8.00. The van der Waals surface area contributed by atoms with E-state index < -0.39 is 0 Å². The summed E-state index contributed by atoms with van der Waals surface area (Å²) in [5, 5.41) is 0. The van der Waals surface area contributed by atoms with Crippen molar-refractivity contribution in [3.8, 4) is 0 Å². The normalized spacial score (nSPS) is 12.2. The molecule has 0 heterocycles. The van der Waals surface area contributed by atoms with Crippen molar-refractivity contribution < 1.29 is 4.79 Å². The summed E-state index contributed by atoms with van der Waals surface area (Å²) in [4.78, 5) is 13.5. The molecule has 1 amide bonds. The van der Waals surface area contributed by atoms with Crippen molar-refractivity contribution >= 4 is 37.8 Å². The molecule has 0 aliphatic carbocycles. The number of benzene rings is 1. The molecule has 1 aromatic carbocycles. The Balaban J connectivity index is 2.64. The molecule has 16 heavy (non-hydrogen) atoms. The van der Waals surface area contributed by atoms with E-state index in [1.807, 2.05) is 38.2 Å². The maximum Gasteiger partial charge on any atom is 0.236 e. The second kappa shape index (κ2) is 6.40. The van der Waals surface area contributed by atoms with Gasteiger partial charge in [-0.1, -0.05) is 50.9 Å². The Hall–Kier alpha value is -0.350. The lowest BCUT2D eigenvalue weighted by molar-refractivity contribution is -0.129. The fourth-order valence-corrected chi connectivity index (χ4v) is 2.20. The summed E-state index contributed by atoms with van der Waals surface area (Å²) >= 11 is 6.79. The lowest BCUT2D eigenvalue weighted by Crippen LogP contribution is -2.32. The third kappa shape index (κ3) is 3.91. The van der Waals surface area contributed by atoms with Gasteiger partial charge in [0.1, 0.15) is 0 Å². The molecule has 0 N–H and O–H groups in total. The van der Waals surface area contributed by atoms with Crippen molar-refractivity contribution in [1.29, 1.82) is 0 Å². The quantitative estimate of drug-likeness (QED) is 0.761. The minimum Gasteiger partial charge on any atom is -0.340 e. The average molecular weight is 349 g/mol. The van der Waals surface area contributed by atoms with E-state index >= 15 is 0 Å². The first-order chi connectivity index (χ1) is 7.54. The Labute approximate surface area is 113 Å². The fraction of sp³-hybridized carbons (Fsp3) is 0.417. The number of hydrogen-bond acceptors (Lipinski definition) is 1. The van der Waals surface area contributed by atoms with E-state index in [2.05, 4.69) is 31.9 Å².